The summed E-state index contributed by atoms with van der Waals surface area (Å²) in [6, 6.07) is 13.8. The zero-order valence-corrected chi connectivity index (χ0v) is 16.5. The second kappa shape index (κ2) is 7.06. The molecule has 1 atom stereocenters. The number of aromatic nitrogens is 1. The number of aromatic amines is 1. The minimum absolute atomic E-state index is 0.0722. The van der Waals surface area contributed by atoms with Crippen LogP contribution in [0.3, 0.4) is 0 Å². The van der Waals surface area contributed by atoms with E-state index in [1.165, 1.54) is 10.9 Å². The van der Waals surface area contributed by atoms with Crippen LogP contribution >= 0.6 is 27.5 Å². The predicted molar refractivity (Wildman–Crippen MR) is 108 cm³/mol. The Balaban J connectivity index is 1.89. The molecule has 0 radical (unpaired) electrons. The highest BCUT2D eigenvalue weighted by Crippen LogP contribution is 2.39. The lowest BCUT2D eigenvalue weighted by Gasteiger charge is -2.36. The number of nitrogens with zero attached hydrogens (tertiary/aromatic N) is 1. The van der Waals surface area contributed by atoms with Gasteiger partial charge >= 0.3 is 0 Å². The molecule has 4 rings (SSSR count). The Bertz CT molecular complexity index is 984. The van der Waals surface area contributed by atoms with Gasteiger partial charge in [0.2, 0.25) is 5.91 Å². The molecule has 0 bridgehead atoms. The Labute approximate surface area is 165 Å². The van der Waals surface area contributed by atoms with Crippen molar-refractivity contribution in [3.63, 3.8) is 0 Å². The number of fused-ring (bicyclic) bond motifs is 3. The van der Waals surface area contributed by atoms with Gasteiger partial charge in [0.05, 0.1) is 6.04 Å². The maximum absolute atomic E-state index is 12.7. The summed E-state index contributed by atoms with van der Waals surface area (Å²) < 4.78 is 1.05. The van der Waals surface area contributed by atoms with Gasteiger partial charge in [-0.1, -0.05) is 39.7 Å². The third kappa shape index (κ3) is 3.04. The third-order valence-corrected chi connectivity index (χ3v) is 5.66. The number of carbonyl (C=O) groups excluding carboxylic acids is 1. The number of halogens is 2. The number of nitrogens with one attached hydrogen (secondary N) is 1. The van der Waals surface area contributed by atoms with Gasteiger partial charge in [0.25, 0.3) is 0 Å². The summed E-state index contributed by atoms with van der Waals surface area (Å²) in [4.78, 5) is 18.2. The molecular weight excluding hydrogens is 414 g/mol. The summed E-state index contributed by atoms with van der Waals surface area (Å²) in [6.07, 6.45) is 1.16. The molecule has 3 aromatic rings. The van der Waals surface area contributed by atoms with Crippen molar-refractivity contribution in [1.29, 1.82) is 0 Å². The molecular formula is C20H19BrClN3O. The third-order valence-electron chi connectivity index (χ3n) is 4.93. The van der Waals surface area contributed by atoms with Crippen molar-refractivity contribution in [2.45, 2.75) is 18.9 Å². The van der Waals surface area contributed by atoms with Crippen molar-refractivity contribution in [2.75, 3.05) is 13.1 Å². The summed E-state index contributed by atoms with van der Waals surface area (Å²) in [7, 11) is 0. The Morgan fingerprint density at radius 3 is 2.92 bits per heavy atom. The molecule has 3 N–H and O–H groups in total. The van der Waals surface area contributed by atoms with Crippen LogP contribution in [0.5, 0.6) is 0 Å². The first-order valence-corrected chi connectivity index (χ1v) is 9.80. The second-order valence-corrected chi connectivity index (χ2v) is 7.89. The SMILES string of the molecule is NCCC(=O)N1CCc2c([nH]c3ccc(Br)cc23)C1c1cccc(Cl)c1. The summed E-state index contributed by atoms with van der Waals surface area (Å²) in [5, 5.41) is 1.87. The van der Waals surface area contributed by atoms with Crippen molar-refractivity contribution >= 4 is 44.3 Å². The van der Waals surface area contributed by atoms with Gasteiger partial charge in [-0.15, -0.1) is 0 Å². The van der Waals surface area contributed by atoms with Gasteiger partial charge in [0.15, 0.2) is 0 Å². The maximum Gasteiger partial charge on any atom is 0.224 e. The van der Waals surface area contributed by atoms with E-state index in [0.29, 0.717) is 24.5 Å². The van der Waals surface area contributed by atoms with Crippen molar-refractivity contribution in [3.8, 4) is 0 Å². The number of H-pyrrole nitrogens is 1. The summed E-state index contributed by atoms with van der Waals surface area (Å²) in [5.41, 5.74) is 10.1. The molecule has 1 aromatic heterocycles. The number of nitrogens with two attached hydrogens (primary N) is 1. The van der Waals surface area contributed by atoms with Crippen LogP contribution in [0.2, 0.25) is 5.02 Å². The molecule has 1 unspecified atom stereocenters. The maximum atomic E-state index is 12.7. The molecule has 4 nitrogen and oxygen atoms in total. The molecule has 0 fully saturated rings. The van der Waals surface area contributed by atoms with Crippen LogP contribution in [-0.4, -0.2) is 28.9 Å². The number of rotatable bonds is 3. The monoisotopic (exact) mass is 431 g/mol. The predicted octanol–water partition coefficient (Wildman–Crippen LogP) is 4.41. The van der Waals surface area contributed by atoms with Crippen LogP contribution in [0.1, 0.15) is 29.3 Å². The van der Waals surface area contributed by atoms with Gasteiger partial charge in [-0.3, -0.25) is 4.79 Å². The standard InChI is InChI=1S/C20H19BrClN3O/c21-13-4-5-17-16(11-13)15-7-9-25(18(26)6-8-23)20(19(15)24-17)12-2-1-3-14(22)10-12/h1-5,10-11,20,24H,6-9,23H2. The van der Waals surface area contributed by atoms with E-state index in [4.69, 9.17) is 17.3 Å². The first-order chi connectivity index (χ1) is 12.6. The summed E-state index contributed by atoms with van der Waals surface area (Å²) in [5.74, 6) is 0.0722. The molecule has 1 aliphatic rings. The van der Waals surface area contributed by atoms with Crippen LogP contribution in [-0.2, 0) is 11.2 Å². The fraction of sp³-hybridized carbons (Fsp3) is 0.250. The quantitative estimate of drug-likeness (QED) is 0.644. The van der Waals surface area contributed by atoms with Crippen LogP contribution in [0, 0.1) is 0 Å². The molecule has 0 aliphatic carbocycles. The Hall–Kier alpha value is -1.82. The number of carbonyl (C=O) groups is 1. The lowest BCUT2D eigenvalue weighted by atomic mass is 9.92. The van der Waals surface area contributed by atoms with Gasteiger partial charge in [-0.25, -0.2) is 0 Å². The molecule has 1 amide bonds. The fourth-order valence-electron chi connectivity index (χ4n) is 3.82. The van der Waals surface area contributed by atoms with E-state index in [0.717, 1.165) is 27.7 Å². The van der Waals surface area contributed by atoms with E-state index < -0.39 is 0 Å². The van der Waals surface area contributed by atoms with Gasteiger partial charge in [-0.2, -0.15) is 0 Å². The fourth-order valence-corrected chi connectivity index (χ4v) is 4.38. The van der Waals surface area contributed by atoms with E-state index in [2.05, 4.69) is 33.0 Å². The lowest BCUT2D eigenvalue weighted by Crippen LogP contribution is -2.41. The average Bonchev–Trinajstić information content (AvgIpc) is 2.99. The van der Waals surface area contributed by atoms with Crippen LogP contribution in [0.25, 0.3) is 10.9 Å². The van der Waals surface area contributed by atoms with Gasteiger partial charge in [-0.05, 0) is 47.9 Å². The van der Waals surface area contributed by atoms with E-state index in [1.807, 2.05) is 35.2 Å². The molecule has 0 saturated heterocycles. The molecule has 0 saturated carbocycles. The highest BCUT2D eigenvalue weighted by Gasteiger charge is 2.34. The molecule has 2 aromatic carbocycles. The molecule has 0 spiro atoms. The van der Waals surface area contributed by atoms with E-state index in [9.17, 15) is 4.79 Å². The van der Waals surface area contributed by atoms with E-state index in [1.54, 1.807) is 0 Å². The van der Waals surface area contributed by atoms with Crippen molar-refractivity contribution < 1.29 is 4.79 Å². The molecule has 6 heteroatoms. The Kier molecular flexibility index (Phi) is 4.78. The minimum Gasteiger partial charge on any atom is -0.356 e. The minimum atomic E-state index is -0.178. The molecule has 2 heterocycles. The smallest absolute Gasteiger partial charge is 0.224 e. The number of hydrogen-bond donors (Lipinski definition) is 2. The first kappa shape index (κ1) is 17.6. The van der Waals surface area contributed by atoms with Crippen molar-refractivity contribution in [1.82, 2.24) is 9.88 Å². The van der Waals surface area contributed by atoms with Crippen LogP contribution in [0.15, 0.2) is 46.9 Å². The summed E-state index contributed by atoms with van der Waals surface area (Å²) in [6.45, 7) is 1.02. The molecule has 1 aliphatic heterocycles. The Morgan fingerprint density at radius 2 is 2.15 bits per heavy atom. The van der Waals surface area contributed by atoms with Gasteiger partial charge < -0.3 is 15.6 Å². The molecule has 26 heavy (non-hydrogen) atoms. The first-order valence-electron chi connectivity index (χ1n) is 8.63. The highest BCUT2D eigenvalue weighted by atomic mass is 79.9. The highest BCUT2D eigenvalue weighted by molar-refractivity contribution is 9.10. The largest absolute Gasteiger partial charge is 0.356 e. The zero-order valence-electron chi connectivity index (χ0n) is 14.1. The second-order valence-electron chi connectivity index (χ2n) is 6.54. The number of hydrogen-bond acceptors (Lipinski definition) is 2. The average molecular weight is 433 g/mol. The Morgan fingerprint density at radius 1 is 1.31 bits per heavy atom. The summed E-state index contributed by atoms with van der Waals surface area (Å²) >= 11 is 9.80. The normalized spacial score (nSPS) is 16.7. The van der Waals surface area contributed by atoms with Crippen LogP contribution < -0.4 is 5.73 Å². The van der Waals surface area contributed by atoms with Gasteiger partial charge in [0, 0.05) is 45.6 Å². The topological polar surface area (TPSA) is 62.1 Å². The lowest BCUT2D eigenvalue weighted by molar-refractivity contribution is -0.133. The number of amides is 1. The molecule has 134 valence electrons. The number of benzene rings is 2. The van der Waals surface area contributed by atoms with Crippen molar-refractivity contribution in [2.24, 2.45) is 5.73 Å². The van der Waals surface area contributed by atoms with Gasteiger partial charge in [0.1, 0.15) is 0 Å². The van der Waals surface area contributed by atoms with Crippen LogP contribution in [0.4, 0.5) is 0 Å². The van der Waals surface area contributed by atoms with Crippen molar-refractivity contribution in [3.05, 3.63) is 68.8 Å². The zero-order chi connectivity index (χ0) is 18.3. The van der Waals surface area contributed by atoms with E-state index >= 15 is 0 Å². The van der Waals surface area contributed by atoms with E-state index in [-0.39, 0.29) is 11.9 Å².